The summed E-state index contributed by atoms with van der Waals surface area (Å²) in [5.74, 6) is 0.310. The second-order valence-corrected chi connectivity index (χ2v) is 3.26. The Kier molecular flexibility index (Phi) is 2.08. The SMILES string of the molecule is COc1ccc(NC2CC2)c(F)c1. The molecule has 0 bridgehead atoms. The molecule has 1 aliphatic rings. The van der Waals surface area contributed by atoms with Gasteiger partial charge in [0.05, 0.1) is 12.8 Å². The molecule has 1 fully saturated rings. The van der Waals surface area contributed by atoms with Crippen LogP contribution >= 0.6 is 0 Å². The van der Waals surface area contributed by atoms with Gasteiger partial charge in [-0.05, 0) is 25.0 Å². The molecule has 0 atom stereocenters. The Morgan fingerprint density at radius 3 is 2.77 bits per heavy atom. The summed E-state index contributed by atoms with van der Waals surface area (Å²) < 4.78 is 18.2. The predicted molar refractivity (Wildman–Crippen MR) is 49.6 cm³/mol. The normalized spacial score (nSPS) is 15.5. The molecule has 0 saturated heterocycles. The molecule has 1 saturated carbocycles. The standard InChI is InChI=1S/C10H12FNO/c1-13-8-4-5-10(9(11)6-8)12-7-2-3-7/h4-7,12H,2-3H2,1H3. The number of hydrogen-bond donors (Lipinski definition) is 1. The van der Waals surface area contributed by atoms with Crippen LogP contribution in [0.4, 0.5) is 10.1 Å². The summed E-state index contributed by atoms with van der Waals surface area (Å²) in [6.45, 7) is 0. The summed E-state index contributed by atoms with van der Waals surface area (Å²) in [5.41, 5.74) is 0.573. The van der Waals surface area contributed by atoms with Crippen LogP contribution in [0.15, 0.2) is 18.2 Å². The van der Waals surface area contributed by atoms with Crippen LogP contribution in [0.3, 0.4) is 0 Å². The van der Waals surface area contributed by atoms with E-state index in [0.29, 0.717) is 17.5 Å². The molecule has 0 spiro atoms. The van der Waals surface area contributed by atoms with Gasteiger partial charge in [-0.25, -0.2) is 4.39 Å². The molecule has 2 nitrogen and oxygen atoms in total. The van der Waals surface area contributed by atoms with Gasteiger partial charge >= 0.3 is 0 Å². The van der Waals surface area contributed by atoms with E-state index in [-0.39, 0.29) is 5.82 Å². The molecule has 0 amide bonds. The average Bonchev–Trinajstić information content (AvgIpc) is 2.92. The van der Waals surface area contributed by atoms with Crippen molar-refractivity contribution in [2.24, 2.45) is 0 Å². The number of nitrogens with one attached hydrogen (secondary N) is 1. The number of hydrogen-bond acceptors (Lipinski definition) is 2. The Balaban J connectivity index is 2.15. The molecule has 3 heteroatoms. The lowest BCUT2D eigenvalue weighted by Gasteiger charge is -2.06. The second kappa shape index (κ2) is 3.24. The van der Waals surface area contributed by atoms with E-state index >= 15 is 0 Å². The van der Waals surface area contributed by atoms with Gasteiger partial charge in [0.2, 0.25) is 0 Å². The van der Waals surface area contributed by atoms with Gasteiger partial charge in [0.25, 0.3) is 0 Å². The summed E-state index contributed by atoms with van der Waals surface area (Å²) in [6, 6.07) is 5.34. The first-order valence-electron chi connectivity index (χ1n) is 4.39. The number of methoxy groups -OCH3 is 1. The first-order valence-corrected chi connectivity index (χ1v) is 4.39. The number of ether oxygens (including phenoxy) is 1. The maximum absolute atomic E-state index is 13.3. The molecule has 13 heavy (non-hydrogen) atoms. The zero-order valence-electron chi connectivity index (χ0n) is 7.51. The van der Waals surface area contributed by atoms with Gasteiger partial charge in [-0.2, -0.15) is 0 Å². The molecular weight excluding hydrogens is 169 g/mol. The molecule has 0 unspecified atom stereocenters. The van der Waals surface area contributed by atoms with Crippen LogP contribution in [0.1, 0.15) is 12.8 Å². The van der Waals surface area contributed by atoms with Crippen LogP contribution in [0.5, 0.6) is 5.75 Å². The van der Waals surface area contributed by atoms with Crippen LogP contribution in [0.25, 0.3) is 0 Å². The molecule has 0 heterocycles. The molecule has 1 N–H and O–H groups in total. The lowest BCUT2D eigenvalue weighted by molar-refractivity contribution is 0.411. The van der Waals surface area contributed by atoms with Gasteiger partial charge < -0.3 is 10.1 Å². The van der Waals surface area contributed by atoms with Crippen molar-refractivity contribution < 1.29 is 9.13 Å². The lowest BCUT2D eigenvalue weighted by atomic mass is 10.3. The summed E-state index contributed by atoms with van der Waals surface area (Å²) >= 11 is 0. The van der Waals surface area contributed by atoms with Crippen molar-refractivity contribution in [1.82, 2.24) is 0 Å². The Bertz CT molecular complexity index is 310. The van der Waals surface area contributed by atoms with Crippen molar-refractivity contribution >= 4 is 5.69 Å². The van der Waals surface area contributed by atoms with E-state index in [1.807, 2.05) is 0 Å². The van der Waals surface area contributed by atoms with E-state index in [0.717, 1.165) is 12.8 Å². The maximum atomic E-state index is 13.3. The van der Waals surface area contributed by atoms with Gasteiger partial charge in [0.1, 0.15) is 11.6 Å². The highest BCUT2D eigenvalue weighted by Gasteiger charge is 2.21. The van der Waals surface area contributed by atoms with Gasteiger partial charge in [-0.3, -0.25) is 0 Å². The first kappa shape index (κ1) is 8.35. The highest BCUT2D eigenvalue weighted by molar-refractivity contribution is 5.49. The van der Waals surface area contributed by atoms with Gasteiger partial charge in [-0.15, -0.1) is 0 Å². The second-order valence-electron chi connectivity index (χ2n) is 3.26. The Morgan fingerprint density at radius 1 is 1.46 bits per heavy atom. The molecular formula is C10H12FNO. The van der Waals surface area contributed by atoms with Crippen molar-refractivity contribution in [2.75, 3.05) is 12.4 Å². The van der Waals surface area contributed by atoms with E-state index in [4.69, 9.17) is 4.74 Å². The van der Waals surface area contributed by atoms with E-state index in [1.54, 1.807) is 12.1 Å². The van der Waals surface area contributed by atoms with E-state index in [9.17, 15) is 4.39 Å². The molecule has 2 rings (SSSR count). The average molecular weight is 181 g/mol. The van der Waals surface area contributed by atoms with Crippen LogP contribution in [0, 0.1) is 5.82 Å². The third-order valence-electron chi connectivity index (χ3n) is 2.11. The van der Waals surface area contributed by atoms with E-state index in [2.05, 4.69) is 5.32 Å². The molecule has 0 radical (unpaired) electrons. The summed E-state index contributed by atoms with van der Waals surface area (Å²) in [4.78, 5) is 0. The van der Waals surface area contributed by atoms with Crippen LogP contribution in [-0.4, -0.2) is 13.2 Å². The molecule has 0 aromatic heterocycles. The van der Waals surface area contributed by atoms with E-state index in [1.165, 1.54) is 13.2 Å². The van der Waals surface area contributed by atoms with Crippen LogP contribution in [-0.2, 0) is 0 Å². The number of anilines is 1. The minimum Gasteiger partial charge on any atom is -0.497 e. The smallest absolute Gasteiger partial charge is 0.149 e. The molecule has 0 aliphatic heterocycles. The quantitative estimate of drug-likeness (QED) is 0.773. The van der Waals surface area contributed by atoms with Crippen molar-refractivity contribution in [3.63, 3.8) is 0 Å². The van der Waals surface area contributed by atoms with Gasteiger partial charge in [-0.1, -0.05) is 0 Å². The highest BCUT2D eigenvalue weighted by Crippen LogP contribution is 2.27. The minimum absolute atomic E-state index is 0.244. The fraction of sp³-hybridized carbons (Fsp3) is 0.400. The lowest BCUT2D eigenvalue weighted by Crippen LogP contribution is -2.02. The molecule has 1 aromatic carbocycles. The molecule has 1 aromatic rings. The summed E-state index contributed by atoms with van der Waals surface area (Å²) in [6.07, 6.45) is 2.29. The van der Waals surface area contributed by atoms with E-state index < -0.39 is 0 Å². The number of rotatable bonds is 3. The van der Waals surface area contributed by atoms with Crippen LogP contribution in [0.2, 0.25) is 0 Å². The summed E-state index contributed by atoms with van der Waals surface area (Å²) in [7, 11) is 1.53. The monoisotopic (exact) mass is 181 g/mol. The van der Waals surface area contributed by atoms with Crippen molar-refractivity contribution in [2.45, 2.75) is 18.9 Å². The predicted octanol–water partition coefficient (Wildman–Crippen LogP) is 2.41. The summed E-state index contributed by atoms with van der Waals surface area (Å²) in [5, 5.41) is 3.10. The fourth-order valence-electron chi connectivity index (χ4n) is 1.19. The number of halogens is 1. The zero-order chi connectivity index (χ0) is 9.26. The Labute approximate surface area is 76.7 Å². The van der Waals surface area contributed by atoms with Gasteiger partial charge in [0, 0.05) is 12.1 Å². The zero-order valence-corrected chi connectivity index (χ0v) is 7.51. The fourth-order valence-corrected chi connectivity index (χ4v) is 1.19. The maximum Gasteiger partial charge on any atom is 0.149 e. The third kappa shape index (κ3) is 1.91. The third-order valence-corrected chi connectivity index (χ3v) is 2.11. The molecule has 1 aliphatic carbocycles. The van der Waals surface area contributed by atoms with Crippen molar-refractivity contribution in [3.8, 4) is 5.75 Å². The molecule has 70 valence electrons. The topological polar surface area (TPSA) is 21.3 Å². The number of benzene rings is 1. The van der Waals surface area contributed by atoms with Crippen LogP contribution < -0.4 is 10.1 Å². The largest absolute Gasteiger partial charge is 0.497 e. The van der Waals surface area contributed by atoms with Crippen molar-refractivity contribution in [1.29, 1.82) is 0 Å². The first-order chi connectivity index (χ1) is 6.29. The Morgan fingerprint density at radius 2 is 2.23 bits per heavy atom. The van der Waals surface area contributed by atoms with Crippen molar-refractivity contribution in [3.05, 3.63) is 24.0 Å². The highest BCUT2D eigenvalue weighted by atomic mass is 19.1. The minimum atomic E-state index is -0.244. The Hall–Kier alpha value is -1.25. The van der Waals surface area contributed by atoms with Gasteiger partial charge in [0.15, 0.2) is 0 Å².